The number of likely N-dealkylation sites (N-methyl/N-ethyl adjacent to an activating group) is 1. The summed E-state index contributed by atoms with van der Waals surface area (Å²) in [6, 6.07) is 0. The Labute approximate surface area is 104 Å². The molecule has 1 aliphatic carbocycles. The lowest BCUT2D eigenvalue weighted by molar-refractivity contribution is 0.328. The zero-order valence-electron chi connectivity index (χ0n) is 10.9. The predicted molar refractivity (Wildman–Crippen MR) is 69.0 cm³/mol. The molecule has 1 aromatic heterocycles. The van der Waals surface area contributed by atoms with Gasteiger partial charge in [0.15, 0.2) is 5.89 Å². The van der Waals surface area contributed by atoms with Crippen LogP contribution in [0.5, 0.6) is 0 Å². The van der Waals surface area contributed by atoms with Crippen molar-refractivity contribution in [1.29, 1.82) is 0 Å². The van der Waals surface area contributed by atoms with Crippen LogP contribution in [-0.4, -0.2) is 18.1 Å². The summed E-state index contributed by atoms with van der Waals surface area (Å²) in [5.74, 6) is 2.80. The molecule has 1 saturated carbocycles. The minimum Gasteiger partial charge on any atom is -0.446 e. The summed E-state index contributed by atoms with van der Waals surface area (Å²) >= 11 is 0. The zero-order chi connectivity index (χ0) is 11.9. The number of hydrogen-bond donors (Lipinski definition) is 1. The largest absolute Gasteiger partial charge is 0.446 e. The Morgan fingerprint density at radius 3 is 2.94 bits per heavy atom. The third-order valence-electron chi connectivity index (χ3n) is 3.58. The van der Waals surface area contributed by atoms with Crippen molar-refractivity contribution in [3.05, 3.63) is 17.8 Å². The number of aromatic nitrogens is 1. The first-order valence-corrected chi connectivity index (χ1v) is 7.02. The highest BCUT2D eigenvalue weighted by Gasteiger charge is 2.16. The third-order valence-corrected chi connectivity index (χ3v) is 3.58. The molecule has 1 fully saturated rings. The molecule has 0 aliphatic heterocycles. The van der Waals surface area contributed by atoms with Gasteiger partial charge in [-0.05, 0) is 12.5 Å². The highest BCUT2D eigenvalue weighted by Crippen LogP contribution is 2.26. The van der Waals surface area contributed by atoms with Crippen molar-refractivity contribution < 1.29 is 4.42 Å². The second kappa shape index (κ2) is 6.80. The van der Waals surface area contributed by atoms with E-state index in [1.807, 2.05) is 6.20 Å². The zero-order valence-corrected chi connectivity index (χ0v) is 10.9. The molecule has 0 bridgehead atoms. The summed E-state index contributed by atoms with van der Waals surface area (Å²) in [6.45, 7) is 4.08. The van der Waals surface area contributed by atoms with Crippen LogP contribution >= 0.6 is 0 Å². The van der Waals surface area contributed by atoms with E-state index in [0.29, 0.717) is 0 Å². The standard InChI is InChI=1S/C14H24N2O/c1-2-15-9-8-14-16-11-13(17-14)10-12-6-4-3-5-7-12/h11-12,15H,2-10H2,1H3. The molecule has 1 aromatic rings. The van der Waals surface area contributed by atoms with Gasteiger partial charge in [-0.25, -0.2) is 4.98 Å². The Morgan fingerprint density at radius 2 is 2.18 bits per heavy atom. The van der Waals surface area contributed by atoms with Gasteiger partial charge in [0.2, 0.25) is 0 Å². The summed E-state index contributed by atoms with van der Waals surface area (Å²) in [7, 11) is 0. The van der Waals surface area contributed by atoms with Gasteiger partial charge in [0, 0.05) is 19.4 Å². The highest BCUT2D eigenvalue weighted by atomic mass is 16.4. The minimum absolute atomic E-state index is 0.832. The van der Waals surface area contributed by atoms with Crippen LogP contribution in [0.4, 0.5) is 0 Å². The maximum Gasteiger partial charge on any atom is 0.195 e. The molecule has 1 aliphatic rings. The van der Waals surface area contributed by atoms with E-state index in [4.69, 9.17) is 4.42 Å². The summed E-state index contributed by atoms with van der Waals surface area (Å²) in [5.41, 5.74) is 0. The van der Waals surface area contributed by atoms with Crippen LogP contribution in [0.1, 0.15) is 50.7 Å². The SMILES string of the molecule is CCNCCc1ncc(CC2CCCCC2)o1. The van der Waals surface area contributed by atoms with Crippen molar-refractivity contribution in [2.24, 2.45) is 5.92 Å². The molecule has 1 N–H and O–H groups in total. The van der Waals surface area contributed by atoms with Crippen LogP contribution in [0.25, 0.3) is 0 Å². The molecule has 0 unspecified atom stereocenters. The van der Waals surface area contributed by atoms with Crippen molar-refractivity contribution in [2.75, 3.05) is 13.1 Å². The van der Waals surface area contributed by atoms with E-state index >= 15 is 0 Å². The second-order valence-corrected chi connectivity index (χ2v) is 5.03. The quantitative estimate of drug-likeness (QED) is 0.772. The fourth-order valence-electron chi connectivity index (χ4n) is 2.61. The lowest BCUT2D eigenvalue weighted by Gasteiger charge is -2.19. The molecule has 3 heteroatoms. The van der Waals surface area contributed by atoms with Gasteiger partial charge in [-0.3, -0.25) is 0 Å². The maximum atomic E-state index is 5.78. The van der Waals surface area contributed by atoms with E-state index in [-0.39, 0.29) is 0 Å². The lowest BCUT2D eigenvalue weighted by atomic mass is 9.86. The first-order chi connectivity index (χ1) is 8.38. The van der Waals surface area contributed by atoms with Crippen LogP contribution in [0, 0.1) is 5.92 Å². The van der Waals surface area contributed by atoms with E-state index in [2.05, 4.69) is 17.2 Å². The van der Waals surface area contributed by atoms with Crippen molar-refractivity contribution in [2.45, 2.75) is 51.9 Å². The Morgan fingerprint density at radius 1 is 1.35 bits per heavy atom. The Balaban J connectivity index is 1.76. The molecule has 0 aromatic carbocycles. The molecule has 0 saturated heterocycles. The fraction of sp³-hybridized carbons (Fsp3) is 0.786. The Bertz CT molecular complexity index is 316. The summed E-state index contributed by atoms with van der Waals surface area (Å²) in [6.07, 6.45) is 10.9. The number of nitrogens with one attached hydrogen (secondary N) is 1. The maximum absolute atomic E-state index is 5.78. The molecule has 0 amide bonds. The van der Waals surface area contributed by atoms with Crippen LogP contribution in [0.15, 0.2) is 10.6 Å². The van der Waals surface area contributed by atoms with Gasteiger partial charge in [-0.1, -0.05) is 39.0 Å². The van der Waals surface area contributed by atoms with Crippen LogP contribution in [-0.2, 0) is 12.8 Å². The second-order valence-electron chi connectivity index (χ2n) is 5.03. The van der Waals surface area contributed by atoms with E-state index in [0.717, 1.165) is 43.5 Å². The van der Waals surface area contributed by atoms with E-state index < -0.39 is 0 Å². The molecule has 0 spiro atoms. The summed E-state index contributed by atoms with van der Waals surface area (Å²) in [5, 5.41) is 3.29. The van der Waals surface area contributed by atoms with Crippen LogP contribution in [0.3, 0.4) is 0 Å². The fourth-order valence-corrected chi connectivity index (χ4v) is 2.61. The Hall–Kier alpha value is -0.830. The van der Waals surface area contributed by atoms with Gasteiger partial charge in [0.25, 0.3) is 0 Å². The molecule has 96 valence electrons. The van der Waals surface area contributed by atoms with Crippen molar-refractivity contribution in [3.8, 4) is 0 Å². The Kier molecular flexibility index (Phi) is 5.05. The van der Waals surface area contributed by atoms with Gasteiger partial charge in [0.05, 0.1) is 6.20 Å². The van der Waals surface area contributed by atoms with E-state index in [1.165, 1.54) is 32.1 Å². The number of nitrogens with zero attached hydrogens (tertiary/aromatic N) is 1. The van der Waals surface area contributed by atoms with E-state index in [1.54, 1.807) is 0 Å². The normalized spacial score (nSPS) is 17.5. The van der Waals surface area contributed by atoms with Crippen LogP contribution in [0.2, 0.25) is 0 Å². The van der Waals surface area contributed by atoms with Crippen molar-refractivity contribution >= 4 is 0 Å². The number of rotatable bonds is 6. The molecule has 2 rings (SSSR count). The summed E-state index contributed by atoms with van der Waals surface area (Å²) in [4.78, 5) is 4.35. The topological polar surface area (TPSA) is 38.1 Å². The first-order valence-electron chi connectivity index (χ1n) is 7.02. The lowest BCUT2D eigenvalue weighted by Crippen LogP contribution is -2.16. The third kappa shape index (κ3) is 4.15. The molecular formula is C14H24N2O. The smallest absolute Gasteiger partial charge is 0.195 e. The number of oxazole rings is 1. The highest BCUT2D eigenvalue weighted by molar-refractivity contribution is 4.96. The molecular weight excluding hydrogens is 212 g/mol. The van der Waals surface area contributed by atoms with Crippen molar-refractivity contribution in [1.82, 2.24) is 10.3 Å². The predicted octanol–water partition coefficient (Wildman–Crippen LogP) is 2.95. The van der Waals surface area contributed by atoms with Gasteiger partial charge in [0.1, 0.15) is 5.76 Å². The monoisotopic (exact) mass is 236 g/mol. The van der Waals surface area contributed by atoms with Gasteiger partial charge in [-0.15, -0.1) is 0 Å². The molecule has 0 radical (unpaired) electrons. The van der Waals surface area contributed by atoms with Gasteiger partial charge < -0.3 is 9.73 Å². The average molecular weight is 236 g/mol. The average Bonchev–Trinajstić information content (AvgIpc) is 2.79. The first kappa shape index (κ1) is 12.6. The molecule has 1 heterocycles. The number of hydrogen-bond acceptors (Lipinski definition) is 3. The van der Waals surface area contributed by atoms with Gasteiger partial charge >= 0.3 is 0 Å². The summed E-state index contributed by atoms with van der Waals surface area (Å²) < 4.78 is 5.78. The molecule has 0 atom stereocenters. The van der Waals surface area contributed by atoms with Crippen LogP contribution < -0.4 is 5.32 Å². The van der Waals surface area contributed by atoms with Crippen molar-refractivity contribution in [3.63, 3.8) is 0 Å². The minimum atomic E-state index is 0.832. The molecule has 17 heavy (non-hydrogen) atoms. The molecule has 3 nitrogen and oxygen atoms in total. The van der Waals surface area contributed by atoms with E-state index in [9.17, 15) is 0 Å². The van der Waals surface area contributed by atoms with Gasteiger partial charge in [-0.2, -0.15) is 0 Å².